The van der Waals surface area contributed by atoms with Crippen LogP contribution in [0.25, 0.3) is 21.9 Å². The SMILES string of the molecule is c1ccc(N(c2ccccc2)c2ccc3c(c2)C2(c4ccccc4Sc4cc5ccccc5cc42)c2cc(N(c4ccccc4)c4ccccc4)ccc2-3)cc1. The maximum atomic E-state index is 2.48. The number of para-hydroxylation sites is 4. The van der Waals surface area contributed by atoms with Gasteiger partial charge in [-0.2, -0.15) is 0 Å². The van der Waals surface area contributed by atoms with Crippen LogP contribution in [0.5, 0.6) is 0 Å². The van der Waals surface area contributed by atoms with Gasteiger partial charge < -0.3 is 9.80 Å². The van der Waals surface area contributed by atoms with Gasteiger partial charge in [0.25, 0.3) is 0 Å². The van der Waals surface area contributed by atoms with E-state index in [1.54, 1.807) is 0 Å². The zero-order chi connectivity index (χ0) is 37.1. The van der Waals surface area contributed by atoms with Crippen molar-refractivity contribution in [3.63, 3.8) is 0 Å². The second kappa shape index (κ2) is 13.2. The monoisotopic (exact) mass is 732 g/mol. The Hall–Kier alpha value is -6.81. The Morgan fingerprint density at radius 2 is 0.696 bits per heavy atom. The van der Waals surface area contributed by atoms with E-state index < -0.39 is 5.41 Å². The molecule has 264 valence electrons. The molecule has 0 saturated carbocycles. The number of anilines is 6. The molecule has 0 bridgehead atoms. The number of nitrogens with zero attached hydrogens (tertiary/aromatic N) is 2. The van der Waals surface area contributed by atoms with Gasteiger partial charge in [0.05, 0.1) is 5.41 Å². The Bertz CT molecular complexity index is 2680. The topological polar surface area (TPSA) is 6.48 Å². The van der Waals surface area contributed by atoms with Gasteiger partial charge in [0.2, 0.25) is 0 Å². The van der Waals surface area contributed by atoms with Crippen molar-refractivity contribution in [3.8, 4) is 11.1 Å². The van der Waals surface area contributed by atoms with Crippen LogP contribution >= 0.6 is 11.8 Å². The second-order valence-electron chi connectivity index (χ2n) is 14.5. The summed E-state index contributed by atoms with van der Waals surface area (Å²) in [4.78, 5) is 7.36. The minimum atomic E-state index is -0.587. The first-order chi connectivity index (χ1) is 27.8. The van der Waals surface area contributed by atoms with Gasteiger partial charge >= 0.3 is 0 Å². The van der Waals surface area contributed by atoms with E-state index >= 15 is 0 Å². The molecule has 2 aliphatic rings. The molecule has 3 heteroatoms. The number of fused-ring (bicyclic) bond motifs is 10. The van der Waals surface area contributed by atoms with E-state index in [0.29, 0.717) is 0 Å². The zero-order valence-electron chi connectivity index (χ0n) is 30.6. The van der Waals surface area contributed by atoms with Crippen LogP contribution in [0.4, 0.5) is 34.1 Å². The summed E-state index contributed by atoms with van der Waals surface area (Å²) in [5.74, 6) is 0. The van der Waals surface area contributed by atoms with E-state index in [0.717, 1.165) is 34.1 Å². The van der Waals surface area contributed by atoms with Crippen molar-refractivity contribution >= 4 is 56.7 Å². The summed E-state index contributed by atoms with van der Waals surface area (Å²) in [7, 11) is 0. The molecular formula is C53H36N2S. The third-order valence-electron chi connectivity index (χ3n) is 11.4. The maximum absolute atomic E-state index is 2.48. The van der Waals surface area contributed by atoms with Gasteiger partial charge in [-0.3, -0.25) is 0 Å². The fraction of sp³-hybridized carbons (Fsp3) is 0.0189. The highest BCUT2D eigenvalue weighted by Gasteiger charge is 2.51. The van der Waals surface area contributed by atoms with Gasteiger partial charge in [0, 0.05) is 43.9 Å². The Kier molecular flexibility index (Phi) is 7.68. The Balaban J connectivity index is 1.24. The number of hydrogen-bond donors (Lipinski definition) is 0. The summed E-state index contributed by atoms with van der Waals surface area (Å²) in [5.41, 5.74) is 13.9. The van der Waals surface area contributed by atoms with Crippen molar-refractivity contribution in [2.24, 2.45) is 0 Å². The van der Waals surface area contributed by atoms with E-state index in [1.807, 2.05) is 11.8 Å². The molecule has 11 rings (SSSR count). The van der Waals surface area contributed by atoms with Crippen LogP contribution in [0.1, 0.15) is 22.3 Å². The first kappa shape index (κ1) is 32.6. The lowest BCUT2D eigenvalue weighted by atomic mass is 9.67. The summed E-state index contributed by atoms with van der Waals surface area (Å²) in [5, 5.41) is 2.51. The molecule has 56 heavy (non-hydrogen) atoms. The molecule has 0 radical (unpaired) electrons. The van der Waals surface area contributed by atoms with E-state index in [4.69, 9.17) is 0 Å². The van der Waals surface area contributed by atoms with Gasteiger partial charge in [0.1, 0.15) is 0 Å². The van der Waals surface area contributed by atoms with Crippen molar-refractivity contribution in [1.82, 2.24) is 0 Å². The maximum Gasteiger partial charge on any atom is 0.0737 e. The third-order valence-corrected chi connectivity index (χ3v) is 12.6. The van der Waals surface area contributed by atoms with Crippen molar-refractivity contribution in [2.75, 3.05) is 9.80 Å². The van der Waals surface area contributed by atoms with Gasteiger partial charge in [-0.25, -0.2) is 0 Å². The van der Waals surface area contributed by atoms with E-state index in [-0.39, 0.29) is 0 Å². The largest absolute Gasteiger partial charge is 0.310 e. The predicted molar refractivity (Wildman–Crippen MR) is 235 cm³/mol. The lowest BCUT2D eigenvalue weighted by Gasteiger charge is -2.40. The minimum Gasteiger partial charge on any atom is -0.310 e. The van der Waals surface area contributed by atoms with Gasteiger partial charge in [0.15, 0.2) is 0 Å². The molecule has 1 heterocycles. The van der Waals surface area contributed by atoms with Crippen LogP contribution in [0.15, 0.2) is 228 Å². The molecule has 0 unspecified atom stereocenters. The molecular weight excluding hydrogens is 697 g/mol. The smallest absolute Gasteiger partial charge is 0.0737 e. The van der Waals surface area contributed by atoms with Crippen molar-refractivity contribution < 1.29 is 0 Å². The Labute approximate surface area is 332 Å². The molecule has 1 aliphatic heterocycles. The van der Waals surface area contributed by atoms with Crippen LogP contribution in [-0.2, 0) is 5.41 Å². The number of benzene rings is 9. The lowest BCUT2D eigenvalue weighted by molar-refractivity contribution is 0.724. The summed E-state index contributed by atoms with van der Waals surface area (Å²) >= 11 is 1.90. The molecule has 9 aromatic rings. The Morgan fingerprint density at radius 1 is 0.286 bits per heavy atom. The normalized spacial score (nSPS) is 13.1. The number of hydrogen-bond acceptors (Lipinski definition) is 3. The van der Waals surface area contributed by atoms with Gasteiger partial charge in [-0.05, 0) is 135 Å². The molecule has 0 atom stereocenters. The molecule has 9 aromatic carbocycles. The Morgan fingerprint density at radius 3 is 1.18 bits per heavy atom. The highest BCUT2D eigenvalue weighted by molar-refractivity contribution is 7.99. The molecule has 1 aliphatic carbocycles. The molecule has 0 fully saturated rings. The van der Waals surface area contributed by atoms with Crippen molar-refractivity contribution in [1.29, 1.82) is 0 Å². The summed E-state index contributed by atoms with van der Waals surface area (Å²) in [6.07, 6.45) is 0. The summed E-state index contributed by atoms with van der Waals surface area (Å²) in [6.45, 7) is 0. The average molecular weight is 733 g/mol. The molecule has 0 amide bonds. The lowest BCUT2D eigenvalue weighted by Crippen LogP contribution is -2.32. The predicted octanol–water partition coefficient (Wildman–Crippen LogP) is 14.6. The fourth-order valence-electron chi connectivity index (χ4n) is 9.09. The summed E-state index contributed by atoms with van der Waals surface area (Å²) < 4.78 is 0. The first-order valence-electron chi connectivity index (χ1n) is 19.2. The van der Waals surface area contributed by atoms with Crippen LogP contribution in [-0.4, -0.2) is 0 Å². The molecule has 0 saturated heterocycles. The standard InChI is InChI=1S/C53H36N2S/c1-5-19-39(20-6-1)54(40-21-7-2-8-22-40)43-29-31-45-46-32-30-44(55(41-23-9-3-10-24-41)42-25-11-4-12-26-42)36-49(46)53(48(45)35-43)47-27-15-16-28-51(47)56-52-34-38-18-14-13-17-37(38)33-50(52)53/h1-36H. The average Bonchev–Trinajstić information content (AvgIpc) is 3.54. The highest BCUT2D eigenvalue weighted by Crippen LogP contribution is 2.64. The van der Waals surface area contributed by atoms with Crippen LogP contribution in [0.2, 0.25) is 0 Å². The van der Waals surface area contributed by atoms with Gasteiger partial charge in [-0.1, -0.05) is 139 Å². The number of rotatable bonds is 6. The van der Waals surface area contributed by atoms with E-state index in [2.05, 4.69) is 228 Å². The third kappa shape index (κ3) is 5.05. The van der Waals surface area contributed by atoms with Crippen LogP contribution < -0.4 is 9.80 Å². The van der Waals surface area contributed by atoms with Gasteiger partial charge in [-0.15, -0.1) is 0 Å². The van der Waals surface area contributed by atoms with Crippen molar-refractivity contribution in [3.05, 3.63) is 241 Å². The first-order valence-corrected chi connectivity index (χ1v) is 20.0. The molecule has 0 N–H and O–H groups in total. The fourth-order valence-corrected chi connectivity index (χ4v) is 10.3. The molecule has 0 aromatic heterocycles. The second-order valence-corrected chi connectivity index (χ2v) is 15.6. The van der Waals surface area contributed by atoms with Crippen molar-refractivity contribution in [2.45, 2.75) is 15.2 Å². The molecule has 1 spiro atoms. The van der Waals surface area contributed by atoms with E-state index in [9.17, 15) is 0 Å². The molecule has 2 nitrogen and oxygen atoms in total. The van der Waals surface area contributed by atoms with Crippen LogP contribution in [0, 0.1) is 0 Å². The van der Waals surface area contributed by atoms with E-state index in [1.165, 1.54) is 53.9 Å². The van der Waals surface area contributed by atoms with Crippen LogP contribution in [0.3, 0.4) is 0 Å². The quantitative estimate of drug-likeness (QED) is 0.168. The minimum absolute atomic E-state index is 0.587. The summed E-state index contributed by atoms with van der Waals surface area (Å²) in [6, 6.07) is 80.1. The highest BCUT2D eigenvalue weighted by atomic mass is 32.2. The zero-order valence-corrected chi connectivity index (χ0v) is 31.4.